The van der Waals surface area contributed by atoms with Crippen molar-refractivity contribution in [2.45, 2.75) is 31.7 Å². The molecule has 0 saturated carbocycles. The molecule has 2 heterocycles. The fraction of sp³-hybridized carbons (Fsp3) is 0.429. The second kappa shape index (κ2) is 7.27. The molecule has 132 valence electrons. The number of nitrogens with zero attached hydrogens (tertiary/aromatic N) is 2. The van der Waals surface area contributed by atoms with Crippen LogP contribution >= 0.6 is 11.6 Å². The number of fused-ring (bicyclic) bond motifs is 1. The van der Waals surface area contributed by atoms with E-state index in [-0.39, 0.29) is 0 Å². The van der Waals surface area contributed by atoms with E-state index in [4.69, 9.17) is 17.3 Å². The summed E-state index contributed by atoms with van der Waals surface area (Å²) in [5, 5.41) is 0.816. The summed E-state index contributed by atoms with van der Waals surface area (Å²) in [4.78, 5) is 5.20. The maximum Gasteiger partial charge on any atom is 0.0422 e. The first-order valence-corrected chi connectivity index (χ1v) is 9.69. The highest BCUT2D eigenvalue weighted by atomic mass is 35.5. The Bertz CT molecular complexity index is 720. The molecule has 2 aliphatic heterocycles. The Morgan fingerprint density at radius 1 is 1.00 bits per heavy atom. The third kappa shape index (κ3) is 3.78. The molecule has 1 saturated heterocycles. The summed E-state index contributed by atoms with van der Waals surface area (Å²) >= 11 is 5.96. The normalized spacial score (nSPS) is 18.5. The standard InChI is InChI=1S/C21H26ClN3/c22-18-4-1-16(2-5-18)7-11-24-12-9-20(10-13-24)25-14-8-17-3-6-19(23)15-21(17)25/h1-6,15,20H,7-14,23H2. The van der Waals surface area contributed by atoms with Gasteiger partial charge in [0.25, 0.3) is 0 Å². The van der Waals surface area contributed by atoms with Gasteiger partial charge in [0, 0.05) is 48.6 Å². The zero-order chi connectivity index (χ0) is 17.2. The molecule has 25 heavy (non-hydrogen) atoms. The van der Waals surface area contributed by atoms with Gasteiger partial charge in [-0.2, -0.15) is 0 Å². The highest BCUT2D eigenvalue weighted by molar-refractivity contribution is 6.30. The molecular weight excluding hydrogens is 330 g/mol. The molecule has 2 N–H and O–H groups in total. The number of likely N-dealkylation sites (tertiary alicyclic amines) is 1. The lowest BCUT2D eigenvalue weighted by Crippen LogP contribution is -2.45. The van der Waals surface area contributed by atoms with Gasteiger partial charge in [-0.25, -0.2) is 0 Å². The van der Waals surface area contributed by atoms with Gasteiger partial charge in [0.2, 0.25) is 0 Å². The summed E-state index contributed by atoms with van der Waals surface area (Å²) in [6.07, 6.45) is 4.75. The topological polar surface area (TPSA) is 32.5 Å². The highest BCUT2D eigenvalue weighted by Crippen LogP contribution is 2.34. The lowest BCUT2D eigenvalue weighted by molar-refractivity contribution is 0.212. The van der Waals surface area contributed by atoms with Crippen molar-refractivity contribution in [3.8, 4) is 0 Å². The van der Waals surface area contributed by atoms with Gasteiger partial charge in [-0.3, -0.25) is 0 Å². The van der Waals surface area contributed by atoms with E-state index in [0.717, 1.165) is 36.6 Å². The van der Waals surface area contributed by atoms with Crippen molar-refractivity contribution in [1.29, 1.82) is 0 Å². The van der Waals surface area contributed by atoms with Crippen LogP contribution in [0.5, 0.6) is 0 Å². The Hall–Kier alpha value is -1.71. The fourth-order valence-corrected chi connectivity index (χ4v) is 4.32. The van der Waals surface area contributed by atoms with Crippen LogP contribution in [0.15, 0.2) is 42.5 Å². The Morgan fingerprint density at radius 2 is 1.76 bits per heavy atom. The molecule has 0 unspecified atom stereocenters. The van der Waals surface area contributed by atoms with Crippen LogP contribution in [0.1, 0.15) is 24.0 Å². The second-order valence-corrected chi connectivity index (χ2v) is 7.72. The van der Waals surface area contributed by atoms with Gasteiger partial charge in [0.15, 0.2) is 0 Å². The van der Waals surface area contributed by atoms with Gasteiger partial charge in [-0.1, -0.05) is 29.8 Å². The number of piperidine rings is 1. The molecule has 3 nitrogen and oxygen atoms in total. The minimum atomic E-state index is 0.662. The highest BCUT2D eigenvalue weighted by Gasteiger charge is 2.29. The predicted octanol–water partition coefficient (Wildman–Crippen LogP) is 3.99. The van der Waals surface area contributed by atoms with Crippen LogP contribution < -0.4 is 10.6 Å². The van der Waals surface area contributed by atoms with Crippen LogP contribution in [0.25, 0.3) is 0 Å². The summed E-state index contributed by atoms with van der Waals surface area (Å²) in [5.41, 5.74) is 11.1. The molecule has 0 aromatic heterocycles. The molecular formula is C21H26ClN3. The number of rotatable bonds is 4. The van der Waals surface area contributed by atoms with Gasteiger partial charge in [0.05, 0.1) is 0 Å². The molecule has 0 bridgehead atoms. The van der Waals surface area contributed by atoms with E-state index in [0.29, 0.717) is 6.04 Å². The monoisotopic (exact) mass is 355 g/mol. The maximum absolute atomic E-state index is 6.01. The van der Waals surface area contributed by atoms with Crippen molar-refractivity contribution in [3.63, 3.8) is 0 Å². The first-order chi connectivity index (χ1) is 12.2. The number of anilines is 2. The van der Waals surface area contributed by atoms with E-state index in [1.54, 1.807) is 0 Å². The van der Waals surface area contributed by atoms with Gasteiger partial charge in [-0.15, -0.1) is 0 Å². The Morgan fingerprint density at radius 3 is 2.52 bits per heavy atom. The second-order valence-electron chi connectivity index (χ2n) is 7.28. The number of nitrogen functional groups attached to an aromatic ring is 1. The van der Waals surface area contributed by atoms with E-state index in [9.17, 15) is 0 Å². The van der Waals surface area contributed by atoms with Crippen molar-refractivity contribution < 1.29 is 0 Å². The molecule has 4 rings (SSSR count). The van der Waals surface area contributed by atoms with Crippen molar-refractivity contribution in [2.24, 2.45) is 0 Å². The maximum atomic E-state index is 6.01. The van der Waals surface area contributed by atoms with Gasteiger partial charge in [-0.05, 0) is 61.1 Å². The average molecular weight is 356 g/mol. The zero-order valence-corrected chi connectivity index (χ0v) is 15.4. The molecule has 2 aromatic rings. The average Bonchev–Trinajstić information content (AvgIpc) is 3.05. The van der Waals surface area contributed by atoms with E-state index in [2.05, 4.69) is 34.1 Å². The van der Waals surface area contributed by atoms with Crippen LogP contribution in [-0.4, -0.2) is 37.1 Å². The smallest absolute Gasteiger partial charge is 0.0422 e. The van der Waals surface area contributed by atoms with Crippen molar-refractivity contribution in [2.75, 3.05) is 36.8 Å². The molecule has 0 radical (unpaired) electrons. The van der Waals surface area contributed by atoms with Gasteiger partial charge < -0.3 is 15.5 Å². The Kier molecular flexibility index (Phi) is 4.87. The van der Waals surface area contributed by atoms with Crippen LogP contribution in [0.3, 0.4) is 0 Å². The Labute approximate surface area is 155 Å². The summed E-state index contributed by atoms with van der Waals surface area (Å²) in [6, 6.07) is 15.3. The molecule has 0 atom stereocenters. The third-order valence-electron chi connectivity index (χ3n) is 5.67. The first-order valence-electron chi connectivity index (χ1n) is 9.31. The van der Waals surface area contributed by atoms with Crippen molar-refractivity contribution >= 4 is 23.0 Å². The van der Waals surface area contributed by atoms with Crippen LogP contribution in [0.4, 0.5) is 11.4 Å². The number of nitrogens with two attached hydrogens (primary N) is 1. The summed E-state index contributed by atoms with van der Waals surface area (Å²) < 4.78 is 0. The fourth-order valence-electron chi connectivity index (χ4n) is 4.19. The summed E-state index contributed by atoms with van der Waals surface area (Å²) in [7, 11) is 0. The van der Waals surface area contributed by atoms with E-state index >= 15 is 0 Å². The van der Waals surface area contributed by atoms with Crippen molar-refractivity contribution in [1.82, 2.24) is 4.90 Å². The van der Waals surface area contributed by atoms with Crippen LogP contribution in [0, 0.1) is 0 Å². The van der Waals surface area contributed by atoms with Crippen LogP contribution in [0.2, 0.25) is 5.02 Å². The molecule has 1 fully saturated rings. The quantitative estimate of drug-likeness (QED) is 0.841. The lowest BCUT2D eigenvalue weighted by Gasteiger charge is -2.38. The SMILES string of the molecule is Nc1ccc2c(c1)N(C1CCN(CCc3ccc(Cl)cc3)CC1)CC2. The number of hydrogen-bond donors (Lipinski definition) is 1. The first kappa shape index (κ1) is 16.7. The minimum absolute atomic E-state index is 0.662. The molecule has 0 aliphatic carbocycles. The molecule has 2 aromatic carbocycles. The summed E-state index contributed by atoms with van der Waals surface area (Å²) in [6.45, 7) is 4.66. The number of hydrogen-bond acceptors (Lipinski definition) is 3. The molecule has 4 heteroatoms. The number of benzene rings is 2. The third-order valence-corrected chi connectivity index (χ3v) is 5.92. The molecule has 2 aliphatic rings. The van der Waals surface area contributed by atoms with Crippen molar-refractivity contribution in [3.05, 3.63) is 58.6 Å². The summed E-state index contributed by atoms with van der Waals surface area (Å²) in [5.74, 6) is 0. The molecule has 0 amide bonds. The molecule has 0 spiro atoms. The van der Waals surface area contributed by atoms with Gasteiger partial charge >= 0.3 is 0 Å². The predicted molar refractivity (Wildman–Crippen MR) is 107 cm³/mol. The van der Waals surface area contributed by atoms with E-state index in [1.807, 2.05) is 18.2 Å². The Balaban J connectivity index is 1.30. The van der Waals surface area contributed by atoms with E-state index < -0.39 is 0 Å². The van der Waals surface area contributed by atoms with Crippen LogP contribution in [-0.2, 0) is 12.8 Å². The van der Waals surface area contributed by atoms with E-state index in [1.165, 1.54) is 42.7 Å². The largest absolute Gasteiger partial charge is 0.399 e. The van der Waals surface area contributed by atoms with Gasteiger partial charge in [0.1, 0.15) is 0 Å². The zero-order valence-electron chi connectivity index (χ0n) is 14.6. The number of halogens is 1. The lowest BCUT2D eigenvalue weighted by atomic mass is 10.0. The minimum Gasteiger partial charge on any atom is -0.399 e.